The zero-order valence-electron chi connectivity index (χ0n) is 10.1. The lowest BCUT2D eigenvalue weighted by Gasteiger charge is -2.20. The van der Waals surface area contributed by atoms with Crippen molar-refractivity contribution in [2.45, 2.75) is 44.7 Å². The Bertz CT molecular complexity index is 344. The van der Waals surface area contributed by atoms with Gasteiger partial charge in [0.1, 0.15) is 6.04 Å². The van der Waals surface area contributed by atoms with Crippen LogP contribution in [0.2, 0.25) is 0 Å². The summed E-state index contributed by atoms with van der Waals surface area (Å²) in [6.45, 7) is 2.28. The highest BCUT2D eigenvalue weighted by Gasteiger charge is 2.27. The van der Waals surface area contributed by atoms with E-state index in [1.807, 2.05) is 24.4 Å². The van der Waals surface area contributed by atoms with Crippen LogP contribution in [0.1, 0.15) is 43.5 Å². The maximum absolute atomic E-state index is 12.0. The maximum atomic E-state index is 12.0. The molecule has 0 aliphatic heterocycles. The summed E-state index contributed by atoms with van der Waals surface area (Å²) in [6, 6.07) is 4.15. The Kier molecular flexibility index (Phi) is 4.57. The van der Waals surface area contributed by atoms with Gasteiger partial charge in [-0.15, -0.1) is 11.3 Å². The molecule has 0 bridgehead atoms. The van der Waals surface area contributed by atoms with Crippen molar-refractivity contribution in [2.75, 3.05) is 6.61 Å². The van der Waals surface area contributed by atoms with E-state index in [4.69, 9.17) is 4.74 Å². The quantitative estimate of drug-likeness (QED) is 0.820. The Morgan fingerprint density at radius 2 is 2.35 bits per heavy atom. The van der Waals surface area contributed by atoms with E-state index < -0.39 is 0 Å². The van der Waals surface area contributed by atoms with E-state index >= 15 is 0 Å². The molecule has 17 heavy (non-hydrogen) atoms. The van der Waals surface area contributed by atoms with Gasteiger partial charge >= 0.3 is 5.97 Å². The van der Waals surface area contributed by atoms with Crippen LogP contribution in [0.4, 0.5) is 0 Å². The van der Waals surface area contributed by atoms with E-state index in [2.05, 4.69) is 5.32 Å². The lowest BCUT2D eigenvalue weighted by Crippen LogP contribution is -2.36. The lowest BCUT2D eigenvalue weighted by molar-refractivity contribution is -0.146. The molecule has 94 valence electrons. The largest absolute Gasteiger partial charge is 0.465 e. The molecule has 2 rings (SSSR count). The summed E-state index contributed by atoms with van der Waals surface area (Å²) in [5, 5.41) is 5.44. The molecule has 0 amide bonds. The van der Waals surface area contributed by atoms with E-state index in [0.29, 0.717) is 12.6 Å². The van der Waals surface area contributed by atoms with E-state index in [1.54, 1.807) is 11.3 Å². The van der Waals surface area contributed by atoms with Crippen LogP contribution in [0.25, 0.3) is 0 Å². The van der Waals surface area contributed by atoms with Gasteiger partial charge in [0.2, 0.25) is 0 Å². The van der Waals surface area contributed by atoms with Crippen LogP contribution in [0.5, 0.6) is 0 Å². The predicted molar refractivity (Wildman–Crippen MR) is 69.1 cm³/mol. The number of hydrogen-bond acceptors (Lipinski definition) is 4. The first kappa shape index (κ1) is 12.6. The van der Waals surface area contributed by atoms with E-state index in [9.17, 15) is 4.79 Å². The third-order valence-corrected chi connectivity index (χ3v) is 4.04. The van der Waals surface area contributed by atoms with Gasteiger partial charge in [-0.1, -0.05) is 18.9 Å². The molecule has 0 spiro atoms. The number of carbonyl (C=O) groups is 1. The van der Waals surface area contributed by atoms with Crippen LogP contribution in [-0.4, -0.2) is 18.6 Å². The topological polar surface area (TPSA) is 38.3 Å². The SMILES string of the molecule is CCOC(=O)C(NC1CCCC1)c1cccs1. The van der Waals surface area contributed by atoms with Gasteiger partial charge in [-0.25, -0.2) is 4.79 Å². The van der Waals surface area contributed by atoms with Gasteiger partial charge in [-0.3, -0.25) is 5.32 Å². The molecule has 1 saturated carbocycles. The predicted octanol–water partition coefficient (Wildman–Crippen LogP) is 2.88. The van der Waals surface area contributed by atoms with E-state index in [1.165, 1.54) is 25.7 Å². The van der Waals surface area contributed by atoms with Crippen LogP contribution in [-0.2, 0) is 9.53 Å². The number of ether oxygens (including phenoxy) is 1. The summed E-state index contributed by atoms with van der Waals surface area (Å²) in [5.41, 5.74) is 0. The van der Waals surface area contributed by atoms with Crippen LogP contribution in [0, 0.1) is 0 Å². The lowest BCUT2D eigenvalue weighted by atomic mass is 10.2. The van der Waals surface area contributed by atoms with Crippen molar-refractivity contribution in [3.8, 4) is 0 Å². The van der Waals surface area contributed by atoms with Crippen molar-refractivity contribution >= 4 is 17.3 Å². The molecule has 1 aliphatic carbocycles. The molecule has 1 atom stereocenters. The minimum atomic E-state index is -0.280. The Balaban J connectivity index is 2.03. The van der Waals surface area contributed by atoms with Gasteiger partial charge in [0.25, 0.3) is 0 Å². The minimum Gasteiger partial charge on any atom is -0.465 e. The molecule has 1 unspecified atom stereocenters. The van der Waals surface area contributed by atoms with Crippen molar-refractivity contribution in [3.63, 3.8) is 0 Å². The summed E-state index contributed by atoms with van der Waals surface area (Å²) >= 11 is 1.61. The number of carbonyl (C=O) groups excluding carboxylic acids is 1. The Morgan fingerprint density at radius 3 is 2.94 bits per heavy atom. The summed E-state index contributed by atoms with van der Waals surface area (Å²) in [7, 11) is 0. The second-order valence-electron chi connectivity index (χ2n) is 4.35. The van der Waals surface area contributed by atoms with Gasteiger partial charge < -0.3 is 4.74 Å². The van der Waals surface area contributed by atoms with Crippen molar-refractivity contribution < 1.29 is 9.53 Å². The second-order valence-corrected chi connectivity index (χ2v) is 5.33. The molecule has 1 aromatic rings. The molecule has 1 heterocycles. The van der Waals surface area contributed by atoms with Crippen molar-refractivity contribution in [1.82, 2.24) is 5.32 Å². The fourth-order valence-corrected chi connectivity index (χ4v) is 3.05. The third kappa shape index (κ3) is 3.30. The molecule has 4 heteroatoms. The van der Waals surface area contributed by atoms with Crippen LogP contribution in [0.15, 0.2) is 17.5 Å². The smallest absolute Gasteiger partial charge is 0.328 e. The molecule has 1 aromatic heterocycles. The zero-order valence-corrected chi connectivity index (χ0v) is 11.0. The number of hydrogen-bond donors (Lipinski definition) is 1. The minimum absolute atomic E-state index is 0.151. The Morgan fingerprint density at radius 1 is 1.59 bits per heavy atom. The van der Waals surface area contributed by atoms with Crippen molar-refractivity contribution in [3.05, 3.63) is 22.4 Å². The van der Waals surface area contributed by atoms with Crippen LogP contribution >= 0.6 is 11.3 Å². The molecular formula is C13H19NO2S. The van der Waals surface area contributed by atoms with Gasteiger partial charge in [-0.2, -0.15) is 0 Å². The van der Waals surface area contributed by atoms with Crippen LogP contribution in [0.3, 0.4) is 0 Å². The number of thiophene rings is 1. The molecule has 0 radical (unpaired) electrons. The summed E-state index contributed by atoms with van der Waals surface area (Å²) < 4.78 is 5.14. The van der Waals surface area contributed by atoms with Crippen molar-refractivity contribution in [2.24, 2.45) is 0 Å². The fourth-order valence-electron chi connectivity index (χ4n) is 2.28. The molecular weight excluding hydrogens is 234 g/mol. The fraction of sp³-hybridized carbons (Fsp3) is 0.615. The molecule has 1 aliphatic rings. The Hall–Kier alpha value is -0.870. The molecule has 1 fully saturated rings. The average Bonchev–Trinajstić information content (AvgIpc) is 2.99. The molecule has 0 saturated heterocycles. The first-order valence-corrected chi connectivity index (χ1v) is 7.15. The first-order chi connectivity index (χ1) is 8.31. The highest BCUT2D eigenvalue weighted by Crippen LogP contribution is 2.25. The normalized spacial score (nSPS) is 18.2. The van der Waals surface area contributed by atoms with E-state index in [0.717, 1.165) is 4.88 Å². The van der Waals surface area contributed by atoms with Gasteiger partial charge in [0.15, 0.2) is 0 Å². The van der Waals surface area contributed by atoms with Gasteiger partial charge in [0.05, 0.1) is 6.61 Å². The number of rotatable bonds is 5. The number of nitrogens with one attached hydrogen (secondary N) is 1. The van der Waals surface area contributed by atoms with Gasteiger partial charge in [-0.05, 0) is 31.2 Å². The number of esters is 1. The third-order valence-electron chi connectivity index (χ3n) is 3.11. The van der Waals surface area contributed by atoms with Gasteiger partial charge in [0, 0.05) is 10.9 Å². The summed E-state index contributed by atoms with van der Waals surface area (Å²) in [4.78, 5) is 13.0. The molecule has 0 aromatic carbocycles. The standard InChI is InChI=1S/C13H19NO2S/c1-2-16-13(15)12(11-8-5-9-17-11)14-10-6-3-4-7-10/h5,8-10,12,14H,2-4,6-7H2,1H3. The highest BCUT2D eigenvalue weighted by molar-refractivity contribution is 7.10. The van der Waals surface area contributed by atoms with E-state index in [-0.39, 0.29) is 12.0 Å². The van der Waals surface area contributed by atoms with Crippen molar-refractivity contribution in [1.29, 1.82) is 0 Å². The zero-order chi connectivity index (χ0) is 12.1. The van der Waals surface area contributed by atoms with Crippen LogP contribution < -0.4 is 5.32 Å². The second kappa shape index (κ2) is 6.17. The Labute approximate surface area is 106 Å². The molecule has 1 N–H and O–H groups in total. The highest BCUT2D eigenvalue weighted by atomic mass is 32.1. The molecule has 3 nitrogen and oxygen atoms in total. The maximum Gasteiger partial charge on any atom is 0.328 e. The monoisotopic (exact) mass is 253 g/mol. The average molecular weight is 253 g/mol. The first-order valence-electron chi connectivity index (χ1n) is 6.27. The summed E-state index contributed by atoms with van der Waals surface area (Å²) in [5.74, 6) is -0.151. The summed E-state index contributed by atoms with van der Waals surface area (Å²) in [6.07, 6.45) is 4.86.